The summed E-state index contributed by atoms with van der Waals surface area (Å²) in [5.74, 6) is -0.745. The molecule has 0 aliphatic rings. The number of aryl methyl sites for hydroxylation is 1. The van der Waals surface area contributed by atoms with Crippen LogP contribution in [0.3, 0.4) is 0 Å². The van der Waals surface area contributed by atoms with E-state index >= 15 is 0 Å². The van der Waals surface area contributed by atoms with E-state index in [9.17, 15) is 14.4 Å². The molecule has 8 heteroatoms. The maximum absolute atomic E-state index is 11.7. The highest BCUT2D eigenvalue weighted by Gasteiger charge is 2.17. The van der Waals surface area contributed by atoms with Gasteiger partial charge in [0.15, 0.2) is 0 Å². The van der Waals surface area contributed by atoms with Crippen molar-refractivity contribution < 1.29 is 9.59 Å². The van der Waals surface area contributed by atoms with Crippen molar-refractivity contribution in [1.29, 1.82) is 0 Å². The summed E-state index contributed by atoms with van der Waals surface area (Å²) in [6.45, 7) is 3.49. The number of amides is 2. The van der Waals surface area contributed by atoms with Gasteiger partial charge in [-0.25, -0.2) is 0 Å². The molecule has 1 rings (SSSR count). The maximum Gasteiger partial charge on any atom is 0.250 e. The lowest BCUT2D eigenvalue weighted by Gasteiger charge is -2.15. The van der Waals surface area contributed by atoms with Gasteiger partial charge in [0.05, 0.1) is 18.3 Å². The van der Waals surface area contributed by atoms with Crippen LogP contribution in [0.15, 0.2) is 23.1 Å². The van der Waals surface area contributed by atoms with Crippen LogP contribution < -0.4 is 21.9 Å². The van der Waals surface area contributed by atoms with Crippen LogP contribution in [-0.4, -0.2) is 29.0 Å². The second kappa shape index (κ2) is 8.43. The number of nitrogens with one attached hydrogen (secondary N) is 2. The highest BCUT2D eigenvalue weighted by atomic mass is 35.5. The van der Waals surface area contributed by atoms with Gasteiger partial charge in [0.1, 0.15) is 0 Å². The average molecular weight is 317 g/mol. The van der Waals surface area contributed by atoms with Gasteiger partial charge in [-0.05, 0) is 12.0 Å². The summed E-state index contributed by atoms with van der Waals surface area (Å²) in [5, 5.41) is 5.04. The van der Waals surface area contributed by atoms with Crippen LogP contribution in [0.2, 0.25) is 0 Å². The Bertz CT molecular complexity index is 557. The molecule has 7 nitrogen and oxygen atoms in total. The number of nitrogens with two attached hydrogens (primary N) is 1. The molecule has 1 atom stereocenters. The molecule has 1 aromatic rings. The molecule has 2 amide bonds. The molecule has 118 valence electrons. The summed E-state index contributed by atoms with van der Waals surface area (Å²) in [5.41, 5.74) is 5.97. The van der Waals surface area contributed by atoms with E-state index in [2.05, 4.69) is 10.6 Å². The van der Waals surface area contributed by atoms with E-state index in [4.69, 9.17) is 5.73 Å². The highest BCUT2D eigenvalue weighted by molar-refractivity contribution is 5.95. The van der Waals surface area contributed by atoms with E-state index < -0.39 is 6.04 Å². The Morgan fingerprint density at radius 3 is 2.48 bits per heavy atom. The molecule has 0 saturated carbocycles. The zero-order chi connectivity index (χ0) is 15.3. The number of aromatic nitrogens is 1. The Labute approximate surface area is 129 Å². The molecule has 1 heterocycles. The number of carbonyl (C=O) groups is 2. The van der Waals surface area contributed by atoms with Gasteiger partial charge < -0.3 is 20.9 Å². The minimum atomic E-state index is -0.639. The molecular formula is C13H21ClN4O3. The fourth-order valence-electron chi connectivity index (χ4n) is 1.46. The molecule has 0 saturated heterocycles. The average Bonchev–Trinajstić information content (AvgIpc) is 2.39. The minimum absolute atomic E-state index is 0. The molecule has 0 bridgehead atoms. The predicted octanol–water partition coefficient (Wildman–Crippen LogP) is -0.155. The second-order valence-electron chi connectivity index (χ2n) is 4.90. The van der Waals surface area contributed by atoms with Crippen LogP contribution in [0.25, 0.3) is 0 Å². The van der Waals surface area contributed by atoms with E-state index in [0.29, 0.717) is 5.69 Å². The molecule has 0 unspecified atom stereocenters. The number of halogens is 1. The molecule has 0 spiro atoms. The summed E-state index contributed by atoms with van der Waals surface area (Å²) >= 11 is 0. The third kappa shape index (κ3) is 5.97. The first-order valence-electron chi connectivity index (χ1n) is 6.31. The Balaban J connectivity index is 0.00000400. The van der Waals surface area contributed by atoms with Gasteiger partial charge in [-0.15, -0.1) is 12.4 Å². The van der Waals surface area contributed by atoms with Gasteiger partial charge in [-0.3, -0.25) is 14.4 Å². The predicted molar refractivity (Wildman–Crippen MR) is 83.4 cm³/mol. The van der Waals surface area contributed by atoms with Crippen LogP contribution >= 0.6 is 12.4 Å². The fourth-order valence-corrected chi connectivity index (χ4v) is 1.46. The van der Waals surface area contributed by atoms with Gasteiger partial charge in [0, 0.05) is 19.3 Å². The zero-order valence-corrected chi connectivity index (χ0v) is 13.1. The van der Waals surface area contributed by atoms with Crippen LogP contribution in [-0.2, 0) is 16.6 Å². The summed E-state index contributed by atoms with van der Waals surface area (Å²) in [6.07, 6.45) is 1.50. The lowest BCUT2D eigenvalue weighted by Crippen LogP contribution is -2.46. The lowest BCUT2D eigenvalue weighted by molar-refractivity contribution is -0.125. The monoisotopic (exact) mass is 316 g/mol. The zero-order valence-electron chi connectivity index (χ0n) is 12.3. The van der Waals surface area contributed by atoms with E-state index in [1.165, 1.54) is 22.9 Å². The van der Waals surface area contributed by atoms with Gasteiger partial charge in [0.2, 0.25) is 17.4 Å². The van der Waals surface area contributed by atoms with E-state index in [1.54, 1.807) is 7.05 Å². The van der Waals surface area contributed by atoms with Crippen molar-refractivity contribution in [3.63, 3.8) is 0 Å². The van der Waals surface area contributed by atoms with Gasteiger partial charge in [0.25, 0.3) is 0 Å². The Kier molecular flexibility index (Phi) is 7.69. The lowest BCUT2D eigenvalue weighted by atomic mass is 10.1. The van der Waals surface area contributed by atoms with Crippen molar-refractivity contribution >= 4 is 29.9 Å². The van der Waals surface area contributed by atoms with Crippen molar-refractivity contribution in [2.75, 3.05) is 11.9 Å². The van der Waals surface area contributed by atoms with E-state index in [0.717, 1.165) is 0 Å². The number of nitrogens with zero attached hydrogens (tertiary/aromatic N) is 1. The van der Waals surface area contributed by atoms with E-state index in [-0.39, 0.29) is 42.2 Å². The number of carbonyl (C=O) groups excluding carboxylic acids is 2. The molecule has 0 radical (unpaired) electrons. The van der Waals surface area contributed by atoms with Crippen molar-refractivity contribution in [1.82, 2.24) is 9.88 Å². The largest absolute Gasteiger partial charge is 0.346 e. The number of anilines is 1. The standard InChI is InChI=1S/C13H20N4O3.ClH/c1-8(2)12(14)13(20)15-6-10(18)16-9-4-5-11(19)17(3)7-9;/h4-5,7-8,12H,6,14H2,1-3H3,(H,15,20)(H,16,18);1H/t12-;/m0./s1. The van der Waals surface area contributed by atoms with Gasteiger partial charge in [-0.1, -0.05) is 13.8 Å². The van der Waals surface area contributed by atoms with Gasteiger partial charge in [-0.2, -0.15) is 0 Å². The van der Waals surface area contributed by atoms with Crippen molar-refractivity contribution in [3.05, 3.63) is 28.7 Å². The first kappa shape index (κ1) is 19.1. The Morgan fingerprint density at radius 2 is 1.95 bits per heavy atom. The van der Waals surface area contributed by atoms with Crippen LogP contribution in [0.5, 0.6) is 0 Å². The second-order valence-corrected chi connectivity index (χ2v) is 4.90. The summed E-state index contributed by atoms with van der Waals surface area (Å²) in [6, 6.07) is 2.21. The Morgan fingerprint density at radius 1 is 1.33 bits per heavy atom. The number of pyridine rings is 1. The first-order chi connectivity index (χ1) is 9.31. The molecule has 1 aromatic heterocycles. The third-order valence-electron chi connectivity index (χ3n) is 2.81. The summed E-state index contributed by atoms with van der Waals surface area (Å²) in [7, 11) is 1.58. The summed E-state index contributed by atoms with van der Waals surface area (Å²) < 4.78 is 1.35. The molecule has 0 fully saturated rings. The summed E-state index contributed by atoms with van der Waals surface area (Å²) in [4.78, 5) is 34.4. The molecule has 0 aliphatic carbocycles. The highest BCUT2D eigenvalue weighted by Crippen LogP contribution is 2.02. The molecule has 4 N–H and O–H groups in total. The molecule has 21 heavy (non-hydrogen) atoms. The normalized spacial score (nSPS) is 11.5. The number of rotatable bonds is 5. The Hall–Kier alpha value is -1.86. The SMILES string of the molecule is CC(C)[C@H](N)C(=O)NCC(=O)Nc1ccc(=O)n(C)c1.Cl. The van der Waals surface area contributed by atoms with Crippen LogP contribution in [0.1, 0.15) is 13.8 Å². The van der Waals surface area contributed by atoms with Crippen molar-refractivity contribution in [2.45, 2.75) is 19.9 Å². The van der Waals surface area contributed by atoms with Crippen LogP contribution in [0.4, 0.5) is 5.69 Å². The number of hydrogen-bond donors (Lipinski definition) is 3. The van der Waals surface area contributed by atoms with E-state index in [1.807, 2.05) is 13.8 Å². The molecule has 0 aromatic carbocycles. The fraction of sp³-hybridized carbons (Fsp3) is 0.462. The number of hydrogen-bond acceptors (Lipinski definition) is 4. The maximum atomic E-state index is 11.7. The quantitative estimate of drug-likeness (QED) is 0.702. The topological polar surface area (TPSA) is 106 Å². The minimum Gasteiger partial charge on any atom is -0.346 e. The molecular weight excluding hydrogens is 296 g/mol. The van der Waals surface area contributed by atoms with Crippen molar-refractivity contribution in [3.8, 4) is 0 Å². The van der Waals surface area contributed by atoms with Gasteiger partial charge >= 0.3 is 0 Å². The smallest absolute Gasteiger partial charge is 0.250 e. The first-order valence-corrected chi connectivity index (χ1v) is 6.31. The van der Waals surface area contributed by atoms with Crippen molar-refractivity contribution in [2.24, 2.45) is 18.7 Å². The van der Waals surface area contributed by atoms with Crippen LogP contribution in [0, 0.1) is 5.92 Å². The third-order valence-corrected chi connectivity index (χ3v) is 2.81. The molecule has 0 aliphatic heterocycles.